The van der Waals surface area contributed by atoms with Gasteiger partial charge in [-0.05, 0) is 56.3 Å². The molecule has 7 nitrogen and oxygen atoms in total. The summed E-state index contributed by atoms with van der Waals surface area (Å²) < 4.78 is 5.29. The molecule has 0 fully saturated rings. The summed E-state index contributed by atoms with van der Waals surface area (Å²) in [5.74, 6) is -2.38. The number of esters is 1. The van der Waals surface area contributed by atoms with Crippen molar-refractivity contribution < 1.29 is 28.7 Å². The number of Topliss-reactive ketones (excluding diaryl/α,β-unsaturated/α-hetero) is 2. The van der Waals surface area contributed by atoms with Crippen molar-refractivity contribution in [2.75, 3.05) is 4.90 Å². The number of amides is 2. The average Bonchev–Trinajstić information content (AvgIpc) is 3.08. The maximum absolute atomic E-state index is 12.9. The standard InChI is InChI=1S/C26H19NO6/c1-15(28)17-8-11-20(12-9-17)27-24(30)21-13-10-19(14-22(21)25(27)31)26(32)33-16(2)23(29)18-6-4-3-5-7-18/h3-14,16H,1-2H3. The third-order valence-electron chi connectivity index (χ3n) is 5.37. The Balaban J connectivity index is 1.54. The van der Waals surface area contributed by atoms with Gasteiger partial charge in [0.25, 0.3) is 11.8 Å². The quantitative estimate of drug-likeness (QED) is 0.324. The number of benzene rings is 3. The molecule has 0 radical (unpaired) electrons. The number of carbonyl (C=O) groups excluding carboxylic acids is 5. The van der Waals surface area contributed by atoms with Crippen molar-refractivity contribution in [3.63, 3.8) is 0 Å². The van der Waals surface area contributed by atoms with Gasteiger partial charge in [0, 0.05) is 11.1 Å². The zero-order valence-electron chi connectivity index (χ0n) is 17.9. The summed E-state index contributed by atoms with van der Waals surface area (Å²) in [5.41, 5.74) is 1.46. The molecule has 2 amide bonds. The van der Waals surface area contributed by atoms with Crippen molar-refractivity contribution in [2.24, 2.45) is 0 Å². The third-order valence-corrected chi connectivity index (χ3v) is 5.37. The van der Waals surface area contributed by atoms with Crippen LogP contribution in [0.3, 0.4) is 0 Å². The lowest BCUT2D eigenvalue weighted by Gasteiger charge is -2.14. The highest BCUT2D eigenvalue weighted by molar-refractivity contribution is 6.34. The predicted octanol–water partition coefficient (Wildman–Crippen LogP) is 4.12. The number of hydrogen-bond acceptors (Lipinski definition) is 6. The molecule has 3 aromatic carbocycles. The lowest BCUT2D eigenvalue weighted by molar-refractivity contribution is 0.0318. The molecular formula is C26H19NO6. The Bertz CT molecular complexity index is 1290. The van der Waals surface area contributed by atoms with E-state index in [-0.39, 0.29) is 28.3 Å². The van der Waals surface area contributed by atoms with E-state index < -0.39 is 23.9 Å². The van der Waals surface area contributed by atoms with Crippen LogP contribution in [0.15, 0.2) is 72.8 Å². The van der Waals surface area contributed by atoms with Crippen LogP contribution >= 0.6 is 0 Å². The van der Waals surface area contributed by atoms with E-state index in [0.717, 1.165) is 4.90 Å². The SMILES string of the molecule is CC(=O)c1ccc(N2C(=O)c3ccc(C(=O)OC(C)C(=O)c4ccccc4)cc3C2=O)cc1. The maximum Gasteiger partial charge on any atom is 0.338 e. The first-order chi connectivity index (χ1) is 15.8. The Kier molecular flexibility index (Phi) is 5.70. The topological polar surface area (TPSA) is 97.8 Å². The fourth-order valence-electron chi connectivity index (χ4n) is 3.57. The van der Waals surface area contributed by atoms with Crippen LogP contribution in [0, 0.1) is 0 Å². The van der Waals surface area contributed by atoms with E-state index in [0.29, 0.717) is 16.8 Å². The van der Waals surface area contributed by atoms with Crippen molar-refractivity contribution in [3.05, 3.63) is 101 Å². The van der Waals surface area contributed by atoms with Crippen LogP contribution in [0.25, 0.3) is 0 Å². The zero-order chi connectivity index (χ0) is 23.7. The van der Waals surface area contributed by atoms with Gasteiger partial charge >= 0.3 is 5.97 Å². The molecule has 1 unspecified atom stereocenters. The Morgan fingerprint density at radius 3 is 2.00 bits per heavy atom. The van der Waals surface area contributed by atoms with Gasteiger partial charge in [0.2, 0.25) is 5.78 Å². The molecule has 1 atom stereocenters. The molecule has 0 N–H and O–H groups in total. The molecule has 164 valence electrons. The van der Waals surface area contributed by atoms with Crippen LogP contribution in [-0.4, -0.2) is 35.5 Å². The van der Waals surface area contributed by atoms with Crippen LogP contribution in [0.4, 0.5) is 5.69 Å². The number of ketones is 2. The highest BCUT2D eigenvalue weighted by atomic mass is 16.5. The Labute approximate surface area is 189 Å². The first kappa shape index (κ1) is 21.8. The molecule has 3 aromatic rings. The highest BCUT2D eigenvalue weighted by Crippen LogP contribution is 2.29. The highest BCUT2D eigenvalue weighted by Gasteiger charge is 2.37. The minimum atomic E-state index is -1.03. The van der Waals surface area contributed by atoms with E-state index in [9.17, 15) is 24.0 Å². The molecule has 1 heterocycles. The summed E-state index contributed by atoms with van der Waals surface area (Å²) in [7, 11) is 0. The average molecular weight is 441 g/mol. The van der Waals surface area contributed by atoms with Crippen molar-refractivity contribution in [1.29, 1.82) is 0 Å². The molecule has 0 bridgehead atoms. The lowest BCUT2D eigenvalue weighted by Crippen LogP contribution is -2.29. The molecule has 0 aromatic heterocycles. The molecule has 0 aliphatic carbocycles. The van der Waals surface area contributed by atoms with Crippen LogP contribution in [0.2, 0.25) is 0 Å². The second-order valence-electron chi connectivity index (χ2n) is 7.59. The molecular weight excluding hydrogens is 422 g/mol. The molecule has 1 aliphatic heterocycles. The third kappa shape index (κ3) is 4.08. The summed E-state index contributed by atoms with van der Waals surface area (Å²) in [6.07, 6.45) is -1.03. The van der Waals surface area contributed by atoms with Gasteiger partial charge in [-0.3, -0.25) is 19.2 Å². The second kappa shape index (κ2) is 8.63. The first-order valence-electron chi connectivity index (χ1n) is 10.2. The largest absolute Gasteiger partial charge is 0.451 e. The number of rotatable bonds is 6. The van der Waals surface area contributed by atoms with E-state index in [1.54, 1.807) is 30.3 Å². The Morgan fingerprint density at radius 2 is 1.36 bits per heavy atom. The van der Waals surface area contributed by atoms with E-state index in [2.05, 4.69) is 0 Å². The predicted molar refractivity (Wildman–Crippen MR) is 120 cm³/mol. The summed E-state index contributed by atoms with van der Waals surface area (Å²) in [4.78, 5) is 63.3. The molecule has 4 rings (SSSR count). The minimum Gasteiger partial charge on any atom is -0.451 e. The zero-order valence-corrected chi connectivity index (χ0v) is 17.9. The number of fused-ring (bicyclic) bond motifs is 1. The van der Waals surface area contributed by atoms with Gasteiger partial charge in [0.1, 0.15) is 0 Å². The summed E-state index contributed by atoms with van der Waals surface area (Å²) in [6, 6.07) is 18.6. The van der Waals surface area contributed by atoms with E-state index >= 15 is 0 Å². The van der Waals surface area contributed by atoms with Gasteiger partial charge < -0.3 is 4.74 Å². The van der Waals surface area contributed by atoms with Gasteiger partial charge in [-0.15, -0.1) is 0 Å². The summed E-state index contributed by atoms with van der Waals surface area (Å²) >= 11 is 0. The number of imide groups is 1. The monoisotopic (exact) mass is 441 g/mol. The van der Waals surface area contributed by atoms with E-state index in [4.69, 9.17) is 4.74 Å². The van der Waals surface area contributed by atoms with Gasteiger partial charge in [-0.1, -0.05) is 30.3 Å². The number of carbonyl (C=O) groups is 5. The second-order valence-corrected chi connectivity index (χ2v) is 7.59. The van der Waals surface area contributed by atoms with E-state index in [1.165, 1.54) is 56.3 Å². The van der Waals surface area contributed by atoms with Gasteiger partial charge in [-0.2, -0.15) is 0 Å². The molecule has 0 spiro atoms. The molecule has 0 saturated carbocycles. The van der Waals surface area contributed by atoms with Gasteiger partial charge in [0.05, 0.1) is 22.4 Å². The van der Waals surface area contributed by atoms with Gasteiger partial charge in [-0.25, -0.2) is 9.69 Å². The molecule has 1 aliphatic rings. The van der Waals surface area contributed by atoms with Crippen LogP contribution < -0.4 is 4.90 Å². The minimum absolute atomic E-state index is 0.0522. The van der Waals surface area contributed by atoms with E-state index in [1.807, 2.05) is 0 Å². The number of ether oxygens (including phenoxy) is 1. The lowest BCUT2D eigenvalue weighted by atomic mass is 10.1. The molecule has 33 heavy (non-hydrogen) atoms. The summed E-state index contributed by atoms with van der Waals surface area (Å²) in [6.45, 7) is 2.90. The van der Waals surface area contributed by atoms with Crippen molar-refractivity contribution in [3.8, 4) is 0 Å². The van der Waals surface area contributed by atoms with Gasteiger partial charge in [0.15, 0.2) is 11.9 Å². The van der Waals surface area contributed by atoms with Crippen LogP contribution in [-0.2, 0) is 4.74 Å². The Hall–Kier alpha value is -4.39. The van der Waals surface area contributed by atoms with Crippen molar-refractivity contribution >= 4 is 35.0 Å². The number of hydrogen-bond donors (Lipinski definition) is 0. The number of nitrogens with zero attached hydrogens (tertiary/aromatic N) is 1. The summed E-state index contributed by atoms with van der Waals surface area (Å²) in [5, 5.41) is 0. The fourth-order valence-corrected chi connectivity index (χ4v) is 3.57. The maximum atomic E-state index is 12.9. The number of anilines is 1. The van der Waals surface area contributed by atoms with Crippen molar-refractivity contribution in [1.82, 2.24) is 0 Å². The Morgan fingerprint density at radius 1 is 0.758 bits per heavy atom. The normalized spacial score (nSPS) is 13.5. The van der Waals surface area contributed by atoms with Crippen molar-refractivity contribution in [2.45, 2.75) is 20.0 Å². The van der Waals surface area contributed by atoms with Crippen LogP contribution in [0.1, 0.15) is 65.6 Å². The first-order valence-corrected chi connectivity index (χ1v) is 10.2. The van der Waals surface area contributed by atoms with Crippen LogP contribution in [0.5, 0.6) is 0 Å². The fraction of sp³-hybridized carbons (Fsp3) is 0.115. The molecule has 7 heteroatoms. The smallest absolute Gasteiger partial charge is 0.338 e. The molecule has 0 saturated heterocycles.